The Morgan fingerprint density at radius 3 is 2.79 bits per heavy atom. The minimum Gasteiger partial charge on any atom is -0.330 e. The van der Waals surface area contributed by atoms with Crippen LogP contribution in [-0.4, -0.2) is 18.5 Å². The first-order chi connectivity index (χ1) is 9.24. The smallest absolute Gasteiger partial charge is 0.227 e. The summed E-state index contributed by atoms with van der Waals surface area (Å²) >= 11 is 0. The fourth-order valence-corrected chi connectivity index (χ4v) is 2.84. The van der Waals surface area contributed by atoms with Gasteiger partial charge in [-0.2, -0.15) is 0 Å². The highest BCUT2D eigenvalue weighted by Gasteiger charge is 2.29. The molecule has 1 unspecified atom stereocenters. The van der Waals surface area contributed by atoms with E-state index in [4.69, 9.17) is 5.73 Å². The summed E-state index contributed by atoms with van der Waals surface area (Å²) in [5.74, 6) is 0.269. The van der Waals surface area contributed by atoms with E-state index >= 15 is 0 Å². The predicted octanol–water partition coefficient (Wildman–Crippen LogP) is 2.87. The second-order valence-corrected chi connectivity index (χ2v) is 5.40. The Morgan fingerprint density at radius 1 is 1.26 bits per heavy atom. The molecular weight excluding hydrogens is 236 g/mol. The van der Waals surface area contributed by atoms with Crippen LogP contribution in [0.2, 0.25) is 0 Å². The van der Waals surface area contributed by atoms with Crippen LogP contribution in [0.25, 0.3) is 0 Å². The molecule has 2 N–H and O–H groups in total. The van der Waals surface area contributed by atoms with E-state index in [1.54, 1.807) is 0 Å². The third-order valence-electron chi connectivity index (χ3n) is 3.82. The second kappa shape index (κ2) is 6.71. The molecule has 1 aromatic carbocycles. The Balaban J connectivity index is 1.89. The van der Waals surface area contributed by atoms with E-state index in [9.17, 15) is 4.79 Å². The zero-order chi connectivity index (χ0) is 13.7. The summed E-state index contributed by atoms with van der Waals surface area (Å²) in [6.07, 6.45) is 5.92. The van der Waals surface area contributed by atoms with Gasteiger partial charge in [0.05, 0.1) is 0 Å². The lowest BCUT2D eigenvalue weighted by Crippen LogP contribution is -2.35. The molecule has 1 aromatic rings. The summed E-state index contributed by atoms with van der Waals surface area (Å²) in [5, 5.41) is 0. The van der Waals surface area contributed by atoms with Gasteiger partial charge in [-0.3, -0.25) is 4.79 Å². The zero-order valence-electron chi connectivity index (χ0n) is 11.8. The van der Waals surface area contributed by atoms with E-state index in [0.717, 1.165) is 44.3 Å². The maximum Gasteiger partial charge on any atom is 0.227 e. The normalized spacial score (nSPS) is 17.6. The van der Waals surface area contributed by atoms with Crippen LogP contribution in [0.1, 0.15) is 44.6 Å². The third-order valence-corrected chi connectivity index (χ3v) is 3.82. The average molecular weight is 260 g/mol. The molecule has 0 radical (unpaired) electrons. The first kappa shape index (κ1) is 14.1. The van der Waals surface area contributed by atoms with E-state index in [1.807, 2.05) is 17.0 Å². The quantitative estimate of drug-likeness (QED) is 0.799. The average Bonchev–Trinajstić information content (AvgIpc) is 2.74. The van der Waals surface area contributed by atoms with Crippen LogP contribution in [0.4, 0.5) is 5.69 Å². The number of unbranched alkanes of at least 4 members (excludes halogenated alkanes) is 3. The minimum atomic E-state index is 0.269. The molecule has 104 valence electrons. The molecule has 1 amide bonds. The molecule has 1 aliphatic heterocycles. The third kappa shape index (κ3) is 3.35. The molecule has 0 bridgehead atoms. The summed E-state index contributed by atoms with van der Waals surface area (Å²) in [6.45, 7) is 2.89. The summed E-state index contributed by atoms with van der Waals surface area (Å²) < 4.78 is 0. The van der Waals surface area contributed by atoms with Gasteiger partial charge in [0.25, 0.3) is 0 Å². The number of amides is 1. The van der Waals surface area contributed by atoms with Crippen molar-refractivity contribution >= 4 is 11.6 Å². The molecule has 2 rings (SSSR count). The Labute approximate surface area is 115 Å². The lowest BCUT2D eigenvalue weighted by molar-refractivity contribution is -0.119. The van der Waals surface area contributed by atoms with Crippen LogP contribution in [0.15, 0.2) is 24.3 Å². The van der Waals surface area contributed by atoms with Crippen LogP contribution in [0, 0.1) is 0 Å². The number of hydrogen-bond donors (Lipinski definition) is 1. The number of nitrogens with zero attached hydrogens (tertiary/aromatic N) is 1. The Hall–Kier alpha value is -1.35. The second-order valence-electron chi connectivity index (χ2n) is 5.40. The standard InChI is InChI=1S/C16H24N2O/c1-13-12-14-8-5-6-9-15(14)18(13)16(19)10-4-2-3-7-11-17/h5-6,8-9,13H,2-4,7,10-12,17H2,1H3. The maximum atomic E-state index is 12.4. The number of nitrogens with two attached hydrogens (primary N) is 1. The molecule has 1 heterocycles. The van der Waals surface area contributed by atoms with Crippen LogP contribution < -0.4 is 10.6 Å². The summed E-state index contributed by atoms with van der Waals surface area (Å²) in [4.78, 5) is 14.3. The topological polar surface area (TPSA) is 46.3 Å². The van der Waals surface area contributed by atoms with Gasteiger partial charge < -0.3 is 10.6 Å². The maximum absolute atomic E-state index is 12.4. The molecule has 0 fully saturated rings. The van der Waals surface area contributed by atoms with Gasteiger partial charge >= 0.3 is 0 Å². The van der Waals surface area contributed by atoms with Crippen molar-refractivity contribution in [2.75, 3.05) is 11.4 Å². The van der Waals surface area contributed by atoms with Crippen LogP contribution in [-0.2, 0) is 11.2 Å². The Kier molecular flexibility index (Phi) is 4.97. The van der Waals surface area contributed by atoms with E-state index < -0.39 is 0 Å². The van der Waals surface area contributed by atoms with E-state index in [-0.39, 0.29) is 5.91 Å². The number of carbonyl (C=O) groups excluding carboxylic acids is 1. The molecule has 1 aliphatic rings. The number of anilines is 1. The van der Waals surface area contributed by atoms with Gasteiger partial charge in [-0.05, 0) is 44.4 Å². The highest BCUT2D eigenvalue weighted by Crippen LogP contribution is 2.32. The summed E-state index contributed by atoms with van der Waals surface area (Å²) in [5.41, 5.74) is 7.88. The molecule has 0 spiro atoms. The van der Waals surface area contributed by atoms with E-state index in [1.165, 1.54) is 5.56 Å². The zero-order valence-corrected chi connectivity index (χ0v) is 11.8. The van der Waals surface area contributed by atoms with Gasteiger partial charge in [0, 0.05) is 18.2 Å². The van der Waals surface area contributed by atoms with Crippen molar-refractivity contribution in [3.8, 4) is 0 Å². The highest BCUT2D eigenvalue weighted by atomic mass is 16.2. The number of benzene rings is 1. The van der Waals surface area contributed by atoms with Crippen molar-refractivity contribution in [2.24, 2.45) is 5.73 Å². The SMILES string of the molecule is CC1Cc2ccccc2N1C(=O)CCCCCCN. The van der Waals surface area contributed by atoms with E-state index in [0.29, 0.717) is 12.5 Å². The highest BCUT2D eigenvalue weighted by molar-refractivity contribution is 5.96. The summed E-state index contributed by atoms with van der Waals surface area (Å²) in [6, 6.07) is 8.55. The minimum absolute atomic E-state index is 0.269. The van der Waals surface area contributed by atoms with Gasteiger partial charge in [0.2, 0.25) is 5.91 Å². The molecule has 0 aliphatic carbocycles. The monoisotopic (exact) mass is 260 g/mol. The summed E-state index contributed by atoms with van der Waals surface area (Å²) in [7, 11) is 0. The molecule has 0 saturated carbocycles. The number of fused-ring (bicyclic) bond motifs is 1. The molecule has 0 saturated heterocycles. The van der Waals surface area contributed by atoms with Crippen molar-refractivity contribution in [1.82, 2.24) is 0 Å². The molecule has 3 heteroatoms. The predicted molar refractivity (Wildman–Crippen MR) is 79.2 cm³/mol. The van der Waals surface area contributed by atoms with E-state index in [2.05, 4.69) is 19.1 Å². The molecular formula is C16H24N2O. The molecule has 3 nitrogen and oxygen atoms in total. The fraction of sp³-hybridized carbons (Fsp3) is 0.562. The van der Waals surface area contributed by atoms with Gasteiger partial charge in [-0.1, -0.05) is 31.0 Å². The number of carbonyl (C=O) groups is 1. The van der Waals surface area contributed by atoms with Gasteiger partial charge in [0.1, 0.15) is 0 Å². The largest absolute Gasteiger partial charge is 0.330 e. The van der Waals surface area contributed by atoms with Gasteiger partial charge in [0.15, 0.2) is 0 Å². The number of para-hydroxylation sites is 1. The van der Waals surface area contributed by atoms with Crippen molar-refractivity contribution in [2.45, 2.75) is 51.5 Å². The fourth-order valence-electron chi connectivity index (χ4n) is 2.84. The van der Waals surface area contributed by atoms with Crippen molar-refractivity contribution in [1.29, 1.82) is 0 Å². The first-order valence-corrected chi connectivity index (χ1v) is 7.34. The van der Waals surface area contributed by atoms with Crippen molar-refractivity contribution in [3.63, 3.8) is 0 Å². The molecule has 1 atom stereocenters. The Morgan fingerprint density at radius 2 is 2.00 bits per heavy atom. The first-order valence-electron chi connectivity index (χ1n) is 7.34. The van der Waals surface area contributed by atoms with Gasteiger partial charge in [-0.25, -0.2) is 0 Å². The van der Waals surface area contributed by atoms with Gasteiger partial charge in [-0.15, -0.1) is 0 Å². The number of hydrogen-bond acceptors (Lipinski definition) is 2. The molecule has 0 aromatic heterocycles. The lowest BCUT2D eigenvalue weighted by Gasteiger charge is -2.22. The van der Waals surface area contributed by atoms with Crippen LogP contribution in [0.3, 0.4) is 0 Å². The van der Waals surface area contributed by atoms with Crippen LogP contribution in [0.5, 0.6) is 0 Å². The Bertz CT molecular complexity index is 431. The lowest BCUT2D eigenvalue weighted by atomic mass is 10.1. The van der Waals surface area contributed by atoms with Crippen molar-refractivity contribution < 1.29 is 4.79 Å². The molecule has 19 heavy (non-hydrogen) atoms. The van der Waals surface area contributed by atoms with Crippen molar-refractivity contribution in [3.05, 3.63) is 29.8 Å². The number of rotatable bonds is 6. The van der Waals surface area contributed by atoms with Crippen LogP contribution >= 0.6 is 0 Å².